The lowest BCUT2D eigenvalue weighted by molar-refractivity contribution is -0.151. The molecule has 0 radical (unpaired) electrons. The van der Waals surface area contributed by atoms with Crippen molar-refractivity contribution in [2.75, 3.05) is 6.61 Å². The van der Waals surface area contributed by atoms with Gasteiger partial charge in [0, 0.05) is 6.61 Å². The van der Waals surface area contributed by atoms with Gasteiger partial charge in [-0.05, 0) is 30.7 Å². The van der Waals surface area contributed by atoms with Gasteiger partial charge >= 0.3 is 5.97 Å². The first-order valence-electron chi connectivity index (χ1n) is 6.61. The summed E-state index contributed by atoms with van der Waals surface area (Å²) in [6, 6.07) is 9.71. The third-order valence-electron chi connectivity index (χ3n) is 3.60. The molecule has 3 nitrogen and oxygen atoms in total. The van der Waals surface area contributed by atoms with E-state index in [9.17, 15) is 4.79 Å². The maximum absolute atomic E-state index is 11.9. The van der Waals surface area contributed by atoms with Gasteiger partial charge in [-0.25, -0.2) is 0 Å². The van der Waals surface area contributed by atoms with Crippen LogP contribution in [0.25, 0.3) is 0 Å². The summed E-state index contributed by atoms with van der Waals surface area (Å²) >= 11 is 0. The second-order valence-corrected chi connectivity index (χ2v) is 5.01. The van der Waals surface area contributed by atoms with E-state index in [1.54, 1.807) is 0 Å². The lowest BCUT2D eigenvalue weighted by atomic mass is 9.82. The van der Waals surface area contributed by atoms with Gasteiger partial charge in [0.15, 0.2) is 0 Å². The molecule has 1 saturated carbocycles. The van der Waals surface area contributed by atoms with E-state index in [1.165, 1.54) is 0 Å². The molecule has 18 heavy (non-hydrogen) atoms. The van der Waals surface area contributed by atoms with Crippen molar-refractivity contribution < 1.29 is 14.6 Å². The van der Waals surface area contributed by atoms with E-state index >= 15 is 0 Å². The van der Waals surface area contributed by atoms with Crippen molar-refractivity contribution in [2.24, 2.45) is 11.8 Å². The fraction of sp³-hybridized carbons (Fsp3) is 0.533. The summed E-state index contributed by atoms with van der Waals surface area (Å²) in [5.41, 5.74) is 1.01. The Kier molecular flexibility index (Phi) is 4.76. The van der Waals surface area contributed by atoms with Crippen LogP contribution in [0.3, 0.4) is 0 Å². The molecule has 0 saturated heterocycles. The first-order chi connectivity index (χ1) is 8.79. The molecule has 98 valence electrons. The number of aliphatic hydroxyl groups is 1. The molecule has 0 amide bonds. The third-order valence-corrected chi connectivity index (χ3v) is 3.60. The highest BCUT2D eigenvalue weighted by Crippen LogP contribution is 2.29. The first kappa shape index (κ1) is 13.1. The van der Waals surface area contributed by atoms with Crippen LogP contribution >= 0.6 is 0 Å². The zero-order chi connectivity index (χ0) is 12.8. The maximum Gasteiger partial charge on any atom is 0.309 e. The van der Waals surface area contributed by atoms with E-state index in [2.05, 4.69) is 0 Å². The highest BCUT2D eigenvalue weighted by atomic mass is 16.5. The van der Waals surface area contributed by atoms with Crippen LogP contribution in [-0.4, -0.2) is 17.7 Å². The molecular formula is C15H20O3. The lowest BCUT2D eigenvalue weighted by Gasteiger charge is -2.26. The molecule has 1 fully saturated rings. The summed E-state index contributed by atoms with van der Waals surface area (Å²) in [5.74, 6) is 0.129. The maximum atomic E-state index is 11.9. The van der Waals surface area contributed by atoms with Crippen molar-refractivity contribution in [3.05, 3.63) is 35.9 Å². The van der Waals surface area contributed by atoms with Crippen LogP contribution in [0.5, 0.6) is 0 Å². The second-order valence-electron chi connectivity index (χ2n) is 5.01. The van der Waals surface area contributed by atoms with Crippen LogP contribution in [0.1, 0.15) is 31.2 Å². The Balaban J connectivity index is 1.81. The van der Waals surface area contributed by atoms with Crippen LogP contribution in [0, 0.1) is 11.8 Å². The topological polar surface area (TPSA) is 46.5 Å². The SMILES string of the molecule is O=C(OCc1ccccc1)[C@H]1CCC[C@@H](CO)C1. The highest BCUT2D eigenvalue weighted by molar-refractivity contribution is 5.72. The molecule has 0 bridgehead atoms. The molecule has 1 aromatic carbocycles. The Labute approximate surface area is 108 Å². The number of carbonyl (C=O) groups is 1. The van der Waals surface area contributed by atoms with Crippen LogP contribution < -0.4 is 0 Å². The largest absolute Gasteiger partial charge is 0.461 e. The fourth-order valence-corrected chi connectivity index (χ4v) is 2.52. The van der Waals surface area contributed by atoms with E-state index < -0.39 is 0 Å². The van der Waals surface area contributed by atoms with Gasteiger partial charge in [0.1, 0.15) is 6.61 Å². The van der Waals surface area contributed by atoms with E-state index in [1.807, 2.05) is 30.3 Å². The summed E-state index contributed by atoms with van der Waals surface area (Å²) < 4.78 is 5.34. The van der Waals surface area contributed by atoms with Crippen molar-refractivity contribution in [1.82, 2.24) is 0 Å². The normalized spacial score (nSPS) is 23.6. The first-order valence-corrected chi connectivity index (χ1v) is 6.61. The van der Waals surface area contributed by atoms with Crippen LogP contribution in [0.2, 0.25) is 0 Å². The van der Waals surface area contributed by atoms with Crippen molar-refractivity contribution >= 4 is 5.97 Å². The molecule has 3 heteroatoms. The number of hydrogen-bond acceptors (Lipinski definition) is 3. The van der Waals surface area contributed by atoms with Gasteiger partial charge in [-0.2, -0.15) is 0 Å². The van der Waals surface area contributed by atoms with Crippen molar-refractivity contribution in [3.63, 3.8) is 0 Å². The summed E-state index contributed by atoms with van der Waals surface area (Å²) in [7, 11) is 0. The molecular weight excluding hydrogens is 228 g/mol. The number of aliphatic hydroxyl groups excluding tert-OH is 1. The summed E-state index contributed by atoms with van der Waals surface area (Å²) in [4.78, 5) is 11.9. The Bertz CT molecular complexity index is 375. The number of esters is 1. The smallest absolute Gasteiger partial charge is 0.309 e. The van der Waals surface area contributed by atoms with Gasteiger partial charge in [-0.3, -0.25) is 4.79 Å². The van der Waals surface area contributed by atoms with E-state index in [0.717, 1.165) is 31.2 Å². The minimum absolute atomic E-state index is 0.0281. The molecule has 0 aromatic heterocycles. The molecule has 1 aliphatic rings. The molecule has 0 unspecified atom stereocenters. The van der Waals surface area contributed by atoms with E-state index in [4.69, 9.17) is 9.84 Å². The van der Waals surface area contributed by atoms with Gasteiger partial charge in [-0.1, -0.05) is 36.8 Å². The van der Waals surface area contributed by atoms with E-state index in [0.29, 0.717) is 6.61 Å². The van der Waals surface area contributed by atoms with Crippen LogP contribution in [0.15, 0.2) is 30.3 Å². The fourth-order valence-electron chi connectivity index (χ4n) is 2.52. The quantitative estimate of drug-likeness (QED) is 0.833. The van der Waals surface area contributed by atoms with Gasteiger partial charge in [0.2, 0.25) is 0 Å². The Hall–Kier alpha value is -1.35. The summed E-state index contributed by atoms with van der Waals surface area (Å²) in [5, 5.41) is 9.15. The van der Waals surface area contributed by atoms with Crippen molar-refractivity contribution in [2.45, 2.75) is 32.3 Å². The van der Waals surface area contributed by atoms with Gasteiger partial charge < -0.3 is 9.84 Å². The minimum Gasteiger partial charge on any atom is -0.461 e. The second kappa shape index (κ2) is 6.55. The molecule has 0 aliphatic heterocycles. The number of hydrogen-bond donors (Lipinski definition) is 1. The number of carbonyl (C=O) groups excluding carboxylic acids is 1. The molecule has 1 N–H and O–H groups in total. The van der Waals surface area contributed by atoms with E-state index in [-0.39, 0.29) is 24.4 Å². The predicted molar refractivity (Wildman–Crippen MR) is 68.8 cm³/mol. The average Bonchev–Trinajstić information content (AvgIpc) is 2.46. The summed E-state index contributed by atoms with van der Waals surface area (Å²) in [6.45, 7) is 0.530. The number of ether oxygens (including phenoxy) is 1. The lowest BCUT2D eigenvalue weighted by Crippen LogP contribution is -2.26. The van der Waals surface area contributed by atoms with Crippen LogP contribution in [0.4, 0.5) is 0 Å². The molecule has 2 atom stereocenters. The number of rotatable bonds is 4. The highest BCUT2D eigenvalue weighted by Gasteiger charge is 2.27. The standard InChI is InChI=1S/C15H20O3/c16-10-13-7-4-8-14(9-13)15(17)18-11-12-5-2-1-3-6-12/h1-3,5-6,13-14,16H,4,7-11H2/t13-,14+/m1/s1. The third kappa shape index (κ3) is 3.57. The van der Waals surface area contributed by atoms with Gasteiger partial charge in [-0.15, -0.1) is 0 Å². The Morgan fingerprint density at radius 3 is 2.78 bits per heavy atom. The molecule has 0 spiro atoms. The van der Waals surface area contributed by atoms with Gasteiger partial charge in [0.05, 0.1) is 5.92 Å². The van der Waals surface area contributed by atoms with Crippen molar-refractivity contribution in [1.29, 1.82) is 0 Å². The monoisotopic (exact) mass is 248 g/mol. The Morgan fingerprint density at radius 2 is 2.06 bits per heavy atom. The zero-order valence-corrected chi connectivity index (χ0v) is 10.5. The van der Waals surface area contributed by atoms with Crippen molar-refractivity contribution in [3.8, 4) is 0 Å². The predicted octanol–water partition coefficient (Wildman–Crippen LogP) is 2.53. The minimum atomic E-state index is -0.114. The molecule has 1 aromatic rings. The molecule has 1 aliphatic carbocycles. The zero-order valence-electron chi connectivity index (χ0n) is 10.5. The van der Waals surface area contributed by atoms with Gasteiger partial charge in [0.25, 0.3) is 0 Å². The summed E-state index contributed by atoms with van der Waals surface area (Å²) in [6.07, 6.45) is 3.70. The van der Waals surface area contributed by atoms with Crippen LogP contribution in [-0.2, 0) is 16.1 Å². The average molecular weight is 248 g/mol. The number of benzene rings is 1. The Morgan fingerprint density at radius 1 is 1.28 bits per heavy atom. The molecule has 2 rings (SSSR count). The molecule has 0 heterocycles.